The van der Waals surface area contributed by atoms with Crippen LogP contribution in [0.15, 0.2) is 60.8 Å². The highest BCUT2D eigenvalue weighted by molar-refractivity contribution is 6.34. The van der Waals surface area contributed by atoms with E-state index in [2.05, 4.69) is 15.5 Å². The van der Waals surface area contributed by atoms with Gasteiger partial charge in [0, 0.05) is 35.6 Å². The first kappa shape index (κ1) is 21.0. The van der Waals surface area contributed by atoms with Gasteiger partial charge in [-0.1, -0.05) is 41.4 Å². The van der Waals surface area contributed by atoms with E-state index in [-0.39, 0.29) is 12.5 Å². The van der Waals surface area contributed by atoms with Crippen LogP contribution in [0.25, 0.3) is 5.69 Å². The van der Waals surface area contributed by atoms with Crippen LogP contribution in [-0.4, -0.2) is 25.5 Å². The molecule has 4 rings (SSSR count). The molecule has 1 N–H and O–H groups in total. The van der Waals surface area contributed by atoms with E-state index in [1.165, 1.54) is 4.68 Å². The number of para-hydroxylation sites is 1. The van der Waals surface area contributed by atoms with E-state index in [1.54, 1.807) is 49.1 Å². The second kappa shape index (κ2) is 8.83. The van der Waals surface area contributed by atoms with Crippen molar-refractivity contribution >= 4 is 34.8 Å². The summed E-state index contributed by atoms with van der Waals surface area (Å²) in [5, 5.41) is 12.5. The van der Waals surface area contributed by atoms with Crippen molar-refractivity contribution in [2.45, 2.75) is 13.5 Å². The minimum atomic E-state index is -0.340. The summed E-state index contributed by atoms with van der Waals surface area (Å²) in [6, 6.07) is 16.5. The average molecular weight is 456 g/mol. The Bertz CT molecular complexity index is 1230. The Morgan fingerprint density at radius 2 is 1.81 bits per heavy atom. The average Bonchev–Trinajstić information content (AvgIpc) is 3.32. The van der Waals surface area contributed by atoms with Gasteiger partial charge in [0.1, 0.15) is 12.3 Å². The number of hydrogen-bond acceptors (Lipinski definition) is 4. The van der Waals surface area contributed by atoms with Crippen LogP contribution in [0.3, 0.4) is 0 Å². The standard InChI is InChI=1S/C22H19Cl2N5O2/c1-14-20(24)21(28(2)26-14)22(30)25-18-6-4-3-5-15(18)13-31-19-11-12-29(27-19)17-9-7-16(23)8-10-17/h3-12H,13H2,1-2H3,(H,25,30). The molecule has 9 heteroatoms. The first-order valence-corrected chi connectivity index (χ1v) is 10.2. The largest absolute Gasteiger partial charge is 0.472 e. The molecule has 7 nitrogen and oxygen atoms in total. The summed E-state index contributed by atoms with van der Waals surface area (Å²) in [4.78, 5) is 12.8. The van der Waals surface area contributed by atoms with Crippen LogP contribution in [0, 0.1) is 6.92 Å². The van der Waals surface area contributed by atoms with E-state index >= 15 is 0 Å². The molecule has 0 bridgehead atoms. The molecule has 0 aliphatic carbocycles. The van der Waals surface area contributed by atoms with Crippen LogP contribution in [0.4, 0.5) is 5.69 Å². The molecule has 158 valence electrons. The van der Waals surface area contributed by atoms with Gasteiger partial charge in [0.15, 0.2) is 0 Å². The molecule has 0 fully saturated rings. The predicted octanol–water partition coefficient (Wildman–Crippen LogP) is 5.05. The van der Waals surface area contributed by atoms with Crippen LogP contribution in [-0.2, 0) is 13.7 Å². The van der Waals surface area contributed by atoms with Gasteiger partial charge in [0.2, 0.25) is 5.88 Å². The quantitative estimate of drug-likeness (QED) is 0.441. The van der Waals surface area contributed by atoms with E-state index in [0.29, 0.717) is 33.0 Å². The minimum absolute atomic E-state index is 0.228. The van der Waals surface area contributed by atoms with E-state index in [1.807, 2.05) is 30.3 Å². The summed E-state index contributed by atoms with van der Waals surface area (Å²) >= 11 is 12.2. The fourth-order valence-electron chi connectivity index (χ4n) is 3.10. The fraction of sp³-hybridized carbons (Fsp3) is 0.136. The zero-order chi connectivity index (χ0) is 22.0. The maximum absolute atomic E-state index is 12.8. The number of hydrogen-bond donors (Lipinski definition) is 1. The highest BCUT2D eigenvalue weighted by atomic mass is 35.5. The van der Waals surface area contributed by atoms with Gasteiger partial charge >= 0.3 is 0 Å². The van der Waals surface area contributed by atoms with Crippen LogP contribution < -0.4 is 10.1 Å². The van der Waals surface area contributed by atoms with Crippen molar-refractivity contribution in [3.8, 4) is 11.6 Å². The molecule has 0 aliphatic heterocycles. The number of benzene rings is 2. The second-order valence-electron chi connectivity index (χ2n) is 6.85. The summed E-state index contributed by atoms with van der Waals surface area (Å²) in [6.07, 6.45) is 1.80. The first-order chi connectivity index (χ1) is 14.9. The molecule has 2 aromatic carbocycles. The Kier molecular flexibility index (Phi) is 5.97. The normalized spacial score (nSPS) is 10.8. The molecule has 2 heterocycles. The van der Waals surface area contributed by atoms with E-state index in [4.69, 9.17) is 27.9 Å². The Morgan fingerprint density at radius 3 is 2.52 bits per heavy atom. The molecule has 0 spiro atoms. The zero-order valence-electron chi connectivity index (χ0n) is 16.8. The molecule has 2 aromatic heterocycles. The number of aryl methyl sites for hydroxylation is 2. The molecule has 0 saturated carbocycles. The molecular formula is C22H19Cl2N5O2. The number of ether oxygens (including phenoxy) is 1. The lowest BCUT2D eigenvalue weighted by Gasteiger charge is -2.11. The Hall–Kier alpha value is -3.29. The lowest BCUT2D eigenvalue weighted by molar-refractivity contribution is 0.101. The number of amides is 1. The highest BCUT2D eigenvalue weighted by Gasteiger charge is 2.19. The second-order valence-corrected chi connectivity index (χ2v) is 7.66. The number of halogens is 2. The Balaban J connectivity index is 1.47. The maximum atomic E-state index is 12.8. The Morgan fingerprint density at radius 1 is 1.06 bits per heavy atom. The zero-order valence-corrected chi connectivity index (χ0v) is 18.4. The van der Waals surface area contributed by atoms with Crippen molar-refractivity contribution in [3.63, 3.8) is 0 Å². The summed E-state index contributed by atoms with van der Waals surface area (Å²) < 4.78 is 9.01. The van der Waals surface area contributed by atoms with Gasteiger partial charge in [-0.3, -0.25) is 9.48 Å². The smallest absolute Gasteiger partial charge is 0.275 e. The third-order valence-electron chi connectivity index (χ3n) is 4.66. The summed E-state index contributed by atoms with van der Waals surface area (Å²) in [5.74, 6) is 0.119. The van der Waals surface area contributed by atoms with Crippen molar-refractivity contribution in [3.05, 3.63) is 87.8 Å². The lowest BCUT2D eigenvalue weighted by atomic mass is 10.2. The third kappa shape index (κ3) is 4.57. The molecule has 0 radical (unpaired) electrons. The molecule has 0 unspecified atom stereocenters. The van der Waals surface area contributed by atoms with Gasteiger partial charge in [-0.05, 0) is 37.3 Å². The number of carbonyl (C=O) groups is 1. The van der Waals surface area contributed by atoms with Crippen molar-refractivity contribution in [2.24, 2.45) is 7.05 Å². The number of rotatable bonds is 6. The van der Waals surface area contributed by atoms with Gasteiger partial charge in [-0.2, -0.15) is 5.10 Å². The fourth-order valence-corrected chi connectivity index (χ4v) is 3.47. The highest BCUT2D eigenvalue weighted by Crippen LogP contribution is 2.23. The van der Waals surface area contributed by atoms with Crippen LogP contribution in [0.5, 0.6) is 5.88 Å². The number of carbonyl (C=O) groups excluding carboxylic acids is 1. The summed E-state index contributed by atoms with van der Waals surface area (Å²) in [5.41, 5.74) is 3.19. The molecule has 0 atom stereocenters. The molecule has 31 heavy (non-hydrogen) atoms. The van der Waals surface area contributed by atoms with Crippen molar-refractivity contribution in [1.82, 2.24) is 19.6 Å². The first-order valence-electron chi connectivity index (χ1n) is 9.45. The van der Waals surface area contributed by atoms with Gasteiger partial charge in [-0.15, -0.1) is 5.10 Å². The summed E-state index contributed by atoms with van der Waals surface area (Å²) in [7, 11) is 1.68. The van der Waals surface area contributed by atoms with Gasteiger partial charge in [0.25, 0.3) is 5.91 Å². The van der Waals surface area contributed by atoms with E-state index in [9.17, 15) is 4.79 Å². The van der Waals surface area contributed by atoms with Crippen molar-refractivity contribution in [1.29, 1.82) is 0 Å². The molecule has 4 aromatic rings. The topological polar surface area (TPSA) is 74.0 Å². The number of nitrogens with one attached hydrogen (secondary N) is 1. The molecule has 0 aliphatic rings. The monoisotopic (exact) mass is 455 g/mol. The van der Waals surface area contributed by atoms with Crippen molar-refractivity contribution < 1.29 is 9.53 Å². The van der Waals surface area contributed by atoms with Crippen LogP contribution >= 0.6 is 23.2 Å². The maximum Gasteiger partial charge on any atom is 0.275 e. The van der Waals surface area contributed by atoms with Gasteiger partial charge < -0.3 is 10.1 Å². The predicted molar refractivity (Wildman–Crippen MR) is 120 cm³/mol. The molecule has 1 amide bonds. The summed E-state index contributed by atoms with van der Waals surface area (Å²) in [6.45, 7) is 1.98. The number of anilines is 1. The number of aromatic nitrogens is 4. The lowest BCUT2D eigenvalue weighted by Crippen LogP contribution is -2.18. The van der Waals surface area contributed by atoms with Crippen molar-refractivity contribution in [2.75, 3.05) is 5.32 Å². The van der Waals surface area contributed by atoms with Crippen LogP contribution in [0.1, 0.15) is 21.7 Å². The number of nitrogens with zero attached hydrogens (tertiary/aromatic N) is 4. The minimum Gasteiger partial charge on any atom is -0.472 e. The van der Waals surface area contributed by atoms with E-state index in [0.717, 1.165) is 11.3 Å². The third-order valence-corrected chi connectivity index (χ3v) is 5.37. The molecular weight excluding hydrogens is 437 g/mol. The van der Waals surface area contributed by atoms with E-state index < -0.39 is 0 Å². The van der Waals surface area contributed by atoms with Gasteiger partial charge in [-0.25, -0.2) is 4.68 Å². The van der Waals surface area contributed by atoms with Gasteiger partial charge in [0.05, 0.1) is 16.4 Å². The SMILES string of the molecule is Cc1nn(C)c(C(=O)Nc2ccccc2COc2ccn(-c3ccc(Cl)cc3)n2)c1Cl. The Labute approximate surface area is 189 Å². The molecule has 0 saturated heterocycles. The van der Waals surface area contributed by atoms with Crippen LogP contribution in [0.2, 0.25) is 10.0 Å².